The predicted molar refractivity (Wildman–Crippen MR) is 75.2 cm³/mol. The van der Waals surface area contributed by atoms with Crippen molar-refractivity contribution in [3.05, 3.63) is 29.6 Å². The van der Waals surface area contributed by atoms with Crippen LogP contribution < -0.4 is 10.6 Å². The Balaban J connectivity index is 1.83. The van der Waals surface area contributed by atoms with Crippen molar-refractivity contribution >= 4 is 33.0 Å². The first kappa shape index (κ1) is 12.9. The third-order valence-electron chi connectivity index (χ3n) is 2.53. The molecule has 0 spiro atoms. The van der Waals surface area contributed by atoms with Gasteiger partial charge in [-0.15, -0.1) is 11.3 Å². The number of methoxy groups -OCH3 is 1. The van der Waals surface area contributed by atoms with Crippen molar-refractivity contribution in [3.8, 4) is 0 Å². The Morgan fingerprint density at radius 3 is 3.11 bits per heavy atom. The van der Waals surface area contributed by atoms with Crippen LogP contribution in [0.3, 0.4) is 0 Å². The van der Waals surface area contributed by atoms with Gasteiger partial charge < -0.3 is 15.4 Å². The zero-order chi connectivity index (χ0) is 12.8. The third-order valence-corrected chi connectivity index (χ3v) is 3.43. The summed E-state index contributed by atoms with van der Waals surface area (Å²) in [5.41, 5.74) is 0.961. The molecular weight excluding hydrogens is 248 g/mol. The van der Waals surface area contributed by atoms with Crippen LogP contribution in [0.4, 0.5) is 5.69 Å². The number of amides is 1. The lowest BCUT2D eigenvalue weighted by atomic mass is 10.2. The summed E-state index contributed by atoms with van der Waals surface area (Å²) >= 11 is 1.71. The molecule has 0 unspecified atom stereocenters. The van der Waals surface area contributed by atoms with Crippen LogP contribution in [-0.4, -0.2) is 32.7 Å². The highest BCUT2D eigenvalue weighted by Gasteiger charge is 2.01. The number of anilines is 1. The van der Waals surface area contributed by atoms with Gasteiger partial charge in [0.05, 0.1) is 13.2 Å². The van der Waals surface area contributed by atoms with Crippen molar-refractivity contribution in [2.24, 2.45) is 0 Å². The minimum Gasteiger partial charge on any atom is -0.383 e. The second-order valence-corrected chi connectivity index (χ2v) is 4.82. The van der Waals surface area contributed by atoms with Crippen LogP contribution in [0.2, 0.25) is 0 Å². The van der Waals surface area contributed by atoms with Gasteiger partial charge in [-0.25, -0.2) is 0 Å². The second kappa shape index (κ2) is 6.37. The number of carbonyl (C=O) groups is 1. The zero-order valence-electron chi connectivity index (χ0n) is 10.2. The van der Waals surface area contributed by atoms with Gasteiger partial charge in [0.1, 0.15) is 0 Å². The summed E-state index contributed by atoms with van der Waals surface area (Å²) in [5, 5.41) is 9.13. The average molecular weight is 264 g/mol. The number of benzene rings is 1. The second-order valence-electron chi connectivity index (χ2n) is 3.87. The minimum atomic E-state index is -0.0301. The number of fused-ring (bicyclic) bond motifs is 1. The molecule has 0 saturated carbocycles. The van der Waals surface area contributed by atoms with E-state index in [0.717, 1.165) is 5.69 Å². The minimum absolute atomic E-state index is 0.0301. The number of rotatable bonds is 6. The van der Waals surface area contributed by atoms with Crippen molar-refractivity contribution in [2.75, 3.05) is 32.1 Å². The van der Waals surface area contributed by atoms with Crippen molar-refractivity contribution in [1.82, 2.24) is 5.32 Å². The van der Waals surface area contributed by atoms with Gasteiger partial charge in [0.2, 0.25) is 5.91 Å². The molecule has 18 heavy (non-hydrogen) atoms. The van der Waals surface area contributed by atoms with Crippen molar-refractivity contribution in [2.45, 2.75) is 0 Å². The lowest BCUT2D eigenvalue weighted by molar-refractivity contribution is -0.119. The molecule has 0 atom stereocenters. The van der Waals surface area contributed by atoms with Crippen LogP contribution in [0.25, 0.3) is 10.1 Å². The summed E-state index contributed by atoms with van der Waals surface area (Å²) in [6, 6.07) is 8.17. The number of thiophene rings is 1. The van der Waals surface area contributed by atoms with Crippen LogP contribution in [0.1, 0.15) is 0 Å². The first-order chi connectivity index (χ1) is 8.79. The topological polar surface area (TPSA) is 50.4 Å². The monoisotopic (exact) mass is 264 g/mol. The first-order valence-electron chi connectivity index (χ1n) is 5.76. The Morgan fingerprint density at radius 1 is 1.39 bits per heavy atom. The molecule has 5 heteroatoms. The Bertz CT molecular complexity index is 524. The molecule has 1 aromatic carbocycles. The molecule has 0 aliphatic heterocycles. The van der Waals surface area contributed by atoms with Gasteiger partial charge in [-0.1, -0.05) is 0 Å². The van der Waals surface area contributed by atoms with E-state index in [-0.39, 0.29) is 12.5 Å². The number of nitrogens with one attached hydrogen (secondary N) is 2. The zero-order valence-corrected chi connectivity index (χ0v) is 11.0. The van der Waals surface area contributed by atoms with Crippen LogP contribution in [0.15, 0.2) is 29.6 Å². The maximum Gasteiger partial charge on any atom is 0.239 e. The van der Waals surface area contributed by atoms with Gasteiger partial charge in [0.25, 0.3) is 0 Å². The van der Waals surface area contributed by atoms with E-state index in [1.54, 1.807) is 18.4 Å². The molecule has 1 heterocycles. The highest BCUT2D eigenvalue weighted by atomic mass is 32.1. The van der Waals surface area contributed by atoms with Crippen molar-refractivity contribution in [1.29, 1.82) is 0 Å². The number of ether oxygens (including phenoxy) is 1. The Morgan fingerprint density at radius 2 is 2.28 bits per heavy atom. The van der Waals surface area contributed by atoms with Gasteiger partial charge >= 0.3 is 0 Å². The molecule has 2 N–H and O–H groups in total. The van der Waals surface area contributed by atoms with E-state index < -0.39 is 0 Å². The van der Waals surface area contributed by atoms with E-state index in [0.29, 0.717) is 13.2 Å². The SMILES string of the molecule is COCCNC(=O)CNc1ccc2sccc2c1. The van der Waals surface area contributed by atoms with Gasteiger partial charge in [-0.3, -0.25) is 4.79 Å². The third kappa shape index (κ3) is 3.45. The number of carbonyl (C=O) groups excluding carboxylic acids is 1. The van der Waals surface area contributed by atoms with Gasteiger partial charge in [0.15, 0.2) is 0 Å². The Hall–Kier alpha value is -1.59. The quantitative estimate of drug-likeness (QED) is 0.785. The van der Waals surface area contributed by atoms with Crippen LogP contribution in [0, 0.1) is 0 Å². The maximum absolute atomic E-state index is 11.5. The molecule has 0 fully saturated rings. The van der Waals surface area contributed by atoms with Crippen molar-refractivity contribution in [3.63, 3.8) is 0 Å². The highest BCUT2D eigenvalue weighted by Crippen LogP contribution is 2.23. The highest BCUT2D eigenvalue weighted by molar-refractivity contribution is 7.17. The van der Waals surface area contributed by atoms with E-state index in [4.69, 9.17) is 4.74 Å². The first-order valence-corrected chi connectivity index (χ1v) is 6.64. The van der Waals surface area contributed by atoms with Crippen LogP contribution >= 0.6 is 11.3 Å². The molecular formula is C13H16N2O2S. The molecule has 2 rings (SSSR count). The number of hydrogen-bond donors (Lipinski definition) is 2. The fourth-order valence-electron chi connectivity index (χ4n) is 1.61. The maximum atomic E-state index is 11.5. The summed E-state index contributed by atoms with van der Waals surface area (Å²) in [4.78, 5) is 11.5. The normalized spacial score (nSPS) is 10.5. The fraction of sp³-hybridized carbons (Fsp3) is 0.308. The largest absolute Gasteiger partial charge is 0.383 e. The lowest BCUT2D eigenvalue weighted by Gasteiger charge is -2.07. The van der Waals surface area contributed by atoms with Crippen molar-refractivity contribution < 1.29 is 9.53 Å². The number of hydrogen-bond acceptors (Lipinski definition) is 4. The molecule has 1 aromatic heterocycles. The van der Waals surface area contributed by atoms with E-state index >= 15 is 0 Å². The van der Waals surface area contributed by atoms with Crippen LogP contribution in [0.5, 0.6) is 0 Å². The Labute approximate surface area is 110 Å². The average Bonchev–Trinajstić information content (AvgIpc) is 2.84. The molecule has 0 aliphatic carbocycles. The van der Waals surface area contributed by atoms with Gasteiger partial charge in [-0.2, -0.15) is 0 Å². The standard InChI is InChI=1S/C13H16N2O2S/c1-17-6-5-14-13(16)9-15-11-2-3-12-10(8-11)4-7-18-12/h2-4,7-8,15H,5-6,9H2,1H3,(H,14,16). The molecule has 0 bridgehead atoms. The van der Waals surface area contributed by atoms with E-state index in [9.17, 15) is 4.79 Å². The molecule has 2 aromatic rings. The molecule has 4 nitrogen and oxygen atoms in total. The molecule has 1 amide bonds. The summed E-state index contributed by atoms with van der Waals surface area (Å²) < 4.78 is 6.12. The lowest BCUT2D eigenvalue weighted by Crippen LogP contribution is -2.32. The summed E-state index contributed by atoms with van der Waals surface area (Å²) in [7, 11) is 1.61. The van der Waals surface area contributed by atoms with E-state index in [1.807, 2.05) is 12.1 Å². The van der Waals surface area contributed by atoms with E-state index in [2.05, 4.69) is 28.1 Å². The molecule has 96 valence electrons. The van der Waals surface area contributed by atoms with Crippen LogP contribution in [-0.2, 0) is 9.53 Å². The summed E-state index contributed by atoms with van der Waals surface area (Å²) in [6.07, 6.45) is 0. The fourth-order valence-corrected chi connectivity index (χ4v) is 2.38. The molecule has 0 aliphatic rings. The van der Waals surface area contributed by atoms with Gasteiger partial charge in [-0.05, 0) is 35.0 Å². The predicted octanol–water partition coefficient (Wildman–Crippen LogP) is 2.08. The van der Waals surface area contributed by atoms with Gasteiger partial charge in [0, 0.05) is 24.0 Å². The molecule has 0 radical (unpaired) electrons. The Kier molecular flexibility index (Phi) is 4.55. The summed E-state index contributed by atoms with van der Waals surface area (Å²) in [6.45, 7) is 1.35. The van der Waals surface area contributed by atoms with E-state index in [1.165, 1.54) is 10.1 Å². The molecule has 0 saturated heterocycles. The summed E-state index contributed by atoms with van der Waals surface area (Å²) in [5.74, 6) is -0.0301. The smallest absolute Gasteiger partial charge is 0.239 e.